The lowest BCUT2D eigenvalue weighted by Crippen LogP contribution is -2.05. The highest BCUT2D eigenvalue weighted by Gasteiger charge is 2.26. The molecule has 1 aromatic carbocycles. The number of hydrogen-bond acceptors (Lipinski definition) is 5. The molecule has 0 N–H and O–H groups in total. The van der Waals surface area contributed by atoms with Crippen LogP contribution in [0.4, 0.5) is 17.6 Å². The van der Waals surface area contributed by atoms with Crippen molar-refractivity contribution in [1.82, 2.24) is 0 Å². The minimum Gasteiger partial charge on any atom is -0.691 e. The predicted molar refractivity (Wildman–Crippen MR) is 106 cm³/mol. The third-order valence-corrected chi connectivity index (χ3v) is 6.36. The van der Waals surface area contributed by atoms with Gasteiger partial charge in [-0.2, -0.15) is 4.33 Å². The summed E-state index contributed by atoms with van der Waals surface area (Å²) in [6, 6.07) is 0. The van der Waals surface area contributed by atoms with E-state index in [-0.39, 0.29) is 12.0 Å². The molecule has 0 spiro atoms. The zero-order valence-electron chi connectivity index (χ0n) is 16.7. The first kappa shape index (κ1) is 26.6. The second-order valence-corrected chi connectivity index (χ2v) is 8.69. The lowest BCUT2D eigenvalue weighted by molar-refractivity contribution is -0.777. The van der Waals surface area contributed by atoms with Crippen molar-refractivity contribution in [3.63, 3.8) is 0 Å². The van der Waals surface area contributed by atoms with Gasteiger partial charge < -0.3 is 5.26 Å². The van der Waals surface area contributed by atoms with Crippen molar-refractivity contribution in [2.75, 3.05) is 5.75 Å². The van der Waals surface area contributed by atoms with E-state index >= 15 is 0 Å². The van der Waals surface area contributed by atoms with Gasteiger partial charge in [-0.05, 0) is 12.2 Å². The Morgan fingerprint density at radius 1 is 0.655 bits per heavy atom. The molecule has 0 atom stereocenters. The summed E-state index contributed by atoms with van der Waals surface area (Å²) < 4.78 is 59.4. The van der Waals surface area contributed by atoms with Crippen LogP contribution in [-0.4, -0.2) is 5.75 Å². The highest BCUT2D eigenvalue weighted by atomic mass is 32.2. The monoisotopic (exact) mass is 457 g/mol. The maximum atomic E-state index is 14.0. The average Bonchev–Trinajstić information content (AvgIpc) is 2.72. The van der Waals surface area contributed by atoms with Gasteiger partial charge >= 0.3 is 0 Å². The van der Waals surface area contributed by atoms with Crippen molar-refractivity contribution in [2.24, 2.45) is 0 Å². The van der Waals surface area contributed by atoms with Gasteiger partial charge in [0.1, 0.15) is 4.90 Å². The maximum absolute atomic E-state index is 14.0. The molecule has 0 aliphatic heterocycles. The van der Waals surface area contributed by atoms with Crippen molar-refractivity contribution < 1.29 is 32.2 Å². The molecule has 1 rings (SSSR count). The van der Waals surface area contributed by atoms with E-state index in [0.29, 0.717) is 12.2 Å². The largest absolute Gasteiger partial charge is 0.691 e. The third-order valence-electron chi connectivity index (χ3n) is 4.57. The first-order valence-corrected chi connectivity index (χ1v) is 11.9. The van der Waals surface area contributed by atoms with Crippen molar-refractivity contribution in [3.05, 3.63) is 23.3 Å². The molecule has 0 heterocycles. The van der Waals surface area contributed by atoms with E-state index in [1.807, 2.05) is 0 Å². The Kier molecular flexibility index (Phi) is 14.9. The lowest BCUT2D eigenvalue weighted by Gasteiger charge is -2.11. The molecule has 29 heavy (non-hydrogen) atoms. The molecule has 0 aliphatic rings. The van der Waals surface area contributed by atoms with E-state index in [9.17, 15) is 22.8 Å². The second-order valence-electron chi connectivity index (χ2n) is 6.87. The zero-order chi connectivity index (χ0) is 21.5. The van der Waals surface area contributed by atoms with Gasteiger partial charge in [0.05, 0.1) is 16.9 Å². The van der Waals surface area contributed by atoms with Crippen LogP contribution in [-0.2, 0) is 9.37 Å². The van der Waals surface area contributed by atoms with Crippen LogP contribution in [0.5, 0.6) is 0 Å². The minimum absolute atomic E-state index is 0.216. The van der Waals surface area contributed by atoms with Gasteiger partial charge in [-0.15, -0.1) is 11.8 Å². The summed E-state index contributed by atoms with van der Waals surface area (Å²) in [6.45, 7) is 2.21. The van der Waals surface area contributed by atoms with Gasteiger partial charge in [0.25, 0.3) is 0 Å². The Labute approximate surface area is 179 Å². The Bertz CT molecular complexity index is 562. The third kappa shape index (κ3) is 9.91. The van der Waals surface area contributed by atoms with Gasteiger partial charge in [-0.1, -0.05) is 77.6 Å². The summed E-state index contributed by atoms with van der Waals surface area (Å²) in [5, 5.41) is 12.7. The minimum atomic E-state index is -1.61. The normalized spacial score (nSPS) is 11.4. The number of benzene rings is 1. The summed E-state index contributed by atoms with van der Waals surface area (Å²) in [7, 11) is 0. The van der Waals surface area contributed by atoms with E-state index in [2.05, 4.69) is 16.3 Å². The first-order valence-electron chi connectivity index (χ1n) is 10.2. The molecule has 0 aromatic heterocycles. The van der Waals surface area contributed by atoms with Crippen molar-refractivity contribution in [1.29, 1.82) is 0 Å². The van der Waals surface area contributed by atoms with Crippen LogP contribution < -0.4 is 5.26 Å². The molecule has 9 heteroatoms. The van der Waals surface area contributed by atoms with E-state index in [1.165, 1.54) is 51.4 Å². The summed E-state index contributed by atoms with van der Waals surface area (Å²) in [5.41, 5.74) is 0. The van der Waals surface area contributed by atoms with Crippen LogP contribution in [0.2, 0.25) is 0 Å². The standard InChI is InChI=1S/C20H30F4O3S2/c1-2-3-4-5-6-7-8-9-10-11-12-13-14-28-19-15(21)17(23)20(29-27-26-25)18(24)16(19)22/h25H,2-14H2,1H3/p-1. The molecule has 0 amide bonds. The number of hydrogen-bond donors (Lipinski definition) is 0. The Hall–Kier alpha value is -0.480. The molecule has 0 bridgehead atoms. The van der Waals surface area contributed by atoms with E-state index in [1.54, 1.807) is 0 Å². The zero-order valence-corrected chi connectivity index (χ0v) is 18.4. The predicted octanol–water partition coefficient (Wildman–Crippen LogP) is 7.27. The maximum Gasteiger partial charge on any atom is 0.179 e. The highest BCUT2D eigenvalue weighted by molar-refractivity contribution is 7.99. The van der Waals surface area contributed by atoms with Gasteiger partial charge in [-0.3, -0.25) is 5.04 Å². The molecule has 0 radical (unpaired) electrons. The molecule has 0 unspecified atom stereocenters. The van der Waals surface area contributed by atoms with E-state index in [4.69, 9.17) is 0 Å². The van der Waals surface area contributed by atoms with E-state index in [0.717, 1.165) is 31.0 Å². The van der Waals surface area contributed by atoms with Crippen LogP contribution in [0.1, 0.15) is 84.0 Å². The molecule has 0 fully saturated rings. The molecule has 168 valence electrons. The number of unbranched alkanes of at least 4 members (excludes halogenated alkanes) is 11. The molecule has 0 saturated carbocycles. The first-order chi connectivity index (χ1) is 14.0. The van der Waals surface area contributed by atoms with Gasteiger partial charge in [0.15, 0.2) is 23.3 Å². The van der Waals surface area contributed by atoms with Gasteiger partial charge in [0.2, 0.25) is 0 Å². The smallest absolute Gasteiger partial charge is 0.179 e. The fraction of sp³-hybridized carbons (Fsp3) is 0.700. The quantitative estimate of drug-likeness (QED) is 0.0468. The van der Waals surface area contributed by atoms with Crippen molar-refractivity contribution >= 4 is 23.8 Å². The SMILES string of the molecule is CCCCCCCCCCCCCCSc1c(F)c(F)c(SOO[O-])c(F)c1F. The Balaban J connectivity index is 2.23. The summed E-state index contributed by atoms with van der Waals surface area (Å²) >= 11 is 0.527. The van der Waals surface area contributed by atoms with Gasteiger partial charge in [0, 0.05) is 0 Å². The lowest BCUT2D eigenvalue weighted by atomic mass is 10.1. The van der Waals surface area contributed by atoms with E-state index < -0.39 is 33.1 Å². The van der Waals surface area contributed by atoms with Crippen LogP contribution in [0, 0.1) is 23.3 Å². The second kappa shape index (κ2) is 16.2. The summed E-state index contributed by atoms with van der Waals surface area (Å²) in [5.74, 6) is -5.85. The summed E-state index contributed by atoms with van der Waals surface area (Å²) in [4.78, 5) is -1.79. The molecule has 1 aromatic rings. The summed E-state index contributed by atoms with van der Waals surface area (Å²) in [6.07, 6.45) is 14.0. The van der Waals surface area contributed by atoms with Crippen molar-refractivity contribution in [2.45, 2.75) is 93.8 Å². The number of rotatable bonds is 17. The van der Waals surface area contributed by atoms with Crippen LogP contribution in [0.25, 0.3) is 0 Å². The fourth-order valence-corrected chi connectivity index (χ4v) is 4.36. The Morgan fingerprint density at radius 3 is 1.52 bits per heavy atom. The average molecular weight is 458 g/mol. The van der Waals surface area contributed by atoms with Crippen molar-refractivity contribution in [3.8, 4) is 0 Å². The van der Waals surface area contributed by atoms with Crippen LogP contribution >= 0.6 is 23.8 Å². The molecule has 3 nitrogen and oxygen atoms in total. The Morgan fingerprint density at radius 2 is 1.07 bits per heavy atom. The fourth-order valence-electron chi connectivity index (χ4n) is 2.96. The molecule has 0 saturated heterocycles. The number of halogens is 4. The molecular formula is C20H29F4O3S2-. The molecular weight excluding hydrogens is 428 g/mol. The highest BCUT2D eigenvalue weighted by Crippen LogP contribution is 2.36. The molecule has 0 aliphatic carbocycles. The van der Waals surface area contributed by atoms with Gasteiger partial charge in [-0.25, -0.2) is 17.6 Å². The van der Waals surface area contributed by atoms with Crippen LogP contribution in [0.3, 0.4) is 0 Å². The topological polar surface area (TPSA) is 41.5 Å². The number of thioether (sulfide) groups is 1. The van der Waals surface area contributed by atoms with Crippen LogP contribution in [0.15, 0.2) is 9.79 Å².